The predicted molar refractivity (Wildman–Crippen MR) is 71.5 cm³/mol. The average Bonchev–Trinajstić information content (AvgIpc) is 2.86. The molecule has 0 aromatic carbocycles. The first-order chi connectivity index (χ1) is 9.08. The zero-order valence-electron chi connectivity index (χ0n) is 10.3. The molecule has 98 valence electrons. The number of nitriles is 2. The Kier molecular flexibility index (Phi) is 5.59. The summed E-state index contributed by atoms with van der Waals surface area (Å²) < 4.78 is 0. The maximum atomic E-state index is 10.7. The molecule has 0 radical (unpaired) electrons. The van der Waals surface area contributed by atoms with Crippen molar-refractivity contribution in [2.45, 2.75) is 12.8 Å². The molecule has 0 fully saturated rings. The summed E-state index contributed by atoms with van der Waals surface area (Å²) in [5, 5.41) is 26.2. The SMILES string of the molecule is C=C(C#N)N(CC#N)CCCc1ccc(C(=O)O)s1. The molecule has 0 aliphatic rings. The van der Waals surface area contributed by atoms with E-state index in [0.29, 0.717) is 11.4 Å². The van der Waals surface area contributed by atoms with Crippen LogP contribution in [0.3, 0.4) is 0 Å². The molecule has 0 spiro atoms. The van der Waals surface area contributed by atoms with Gasteiger partial charge in [-0.2, -0.15) is 10.5 Å². The van der Waals surface area contributed by atoms with Crippen LogP contribution in [0.1, 0.15) is 21.0 Å². The summed E-state index contributed by atoms with van der Waals surface area (Å²) in [5.74, 6) is -0.916. The minimum atomic E-state index is -0.916. The molecule has 0 saturated carbocycles. The normalized spacial score (nSPS) is 9.37. The number of carboxylic acids is 1. The minimum absolute atomic E-state index is 0.136. The van der Waals surface area contributed by atoms with Gasteiger partial charge in [0, 0.05) is 11.4 Å². The molecule has 0 unspecified atom stereocenters. The number of aromatic carboxylic acids is 1. The van der Waals surface area contributed by atoms with E-state index in [0.717, 1.165) is 17.7 Å². The van der Waals surface area contributed by atoms with Gasteiger partial charge in [0.05, 0.1) is 6.07 Å². The van der Waals surface area contributed by atoms with Crippen molar-refractivity contribution in [2.75, 3.05) is 13.1 Å². The number of rotatable bonds is 7. The Hall–Kier alpha value is -2.31. The van der Waals surface area contributed by atoms with E-state index in [9.17, 15) is 4.79 Å². The van der Waals surface area contributed by atoms with Crippen LogP contribution in [0.2, 0.25) is 0 Å². The van der Waals surface area contributed by atoms with Crippen LogP contribution in [0.25, 0.3) is 0 Å². The highest BCUT2D eigenvalue weighted by Crippen LogP contribution is 2.18. The second-order valence-electron chi connectivity index (χ2n) is 3.81. The fourth-order valence-corrected chi connectivity index (χ4v) is 2.43. The largest absolute Gasteiger partial charge is 0.477 e. The molecular weight excluding hydrogens is 262 g/mol. The first kappa shape index (κ1) is 14.7. The van der Waals surface area contributed by atoms with Gasteiger partial charge < -0.3 is 10.0 Å². The third-order valence-electron chi connectivity index (χ3n) is 2.50. The maximum absolute atomic E-state index is 10.7. The molecule has 0 aliphatic heterocycles. The van der Waals surface area contributed by atoms with Crippen LogP contribution in [0.15, 0.2) is 24.4 Å². The van der Waals surface area contributed by atoms with Gasteiger partial charge in [-0.25, -0.2) is 4.79 Å². The van der Waals surface area contributed by atoms with Crippen molar-refractivity contribution in [3.8, 4) is 12.1 Å². The summed E-state index contributed by atoms with van der Waals surface area (Å²) in [6, 6.07) is 7.29. The lowest BCUT2D eigenvalue weighted by Crippen LogP contribution is -2.23. The fraction of sp³-hybridized carbons (Fsp3) is 0.308. The number of carboxylic acid groups (broad SMARTS) is 1. The monoisotopic (exact) mass is 275 g/mol. The van der Waals surface area contributed by atoms with Gasteiger partial charge in [0.2, 0.25) is 0 Å². The number of nitrogens with zero attached hydrogens (tertiary/aromatic N) is 3. The van der Waals surface area contributed by atoms with E-state index in [1.165, 1.54) is 11.3 Å². The van der Waals surface area contributed by atoms with Gasteiger partial charge in [-0.05, 0) is 25.0 Å². The van der Waals surface area contributed by atoms with Crippen LogP contribution < -0.4 is 0 Å². The Morgan fingerprint density at radius 2 is 2.21 bits per heavy atom. The molecule has 1 aromatic rings. The highest BCUT2D eigenvalue weighted by Gasteiger charge is 2.09. The molecule has 0 atom stereocenters. The standard InChI is InChI=1S/C13H13N3O2S/c1-10(9-15)16(8-6-14)7-2-3-11-4-5-12(19-11)13(17)18/h4-5H,1-3,7-8H2,(H,17,18). The average molecular weight is 275 g/mol. The van der Waals surface area contributed by atoms with Gasteiger partial charge in [-0.3, -0.25) is 0 Å². The Labute approximate surface area is 115 Å². The van der Waals surface area contributed by atoms with Crippen LogP contribution in [-0.2, 0) is 6.42 Å². The third kappa shape index (κ3) is 4.46. The lowest BCUT2D eigenvalue weighted by molar-refractivity contribution is 0.0702. The molecule has 0 amide bonds. The Balaban J connectivity index is 2.48. The second-order valence-corrected chi connectivity index (χ2v) is 4.98. The lowest BCUT2D eigenvalue weighted by atomic mass is 10.2. The number of hydrogen-bond donors (Lipinski definition) is 1. The van der Waals surface area contributed by atoms with E-state index in [-0.39, 0.29) is 12.2 Å². The van der Waals surface area contributed by atoms with Crippen molar-refractivity contribution in [3.05, 3.63) is 34.2 Å². The first-order valence-electron chi connectivity index (χ1n) is 5.61. The quantitative estimate of drug-likeness (QED) is 0.609. The number of carbonyl (C=O) groups is 1. The van der Waals surface area contributed by atoms with Gasteiger partial charge in [0.25, 0.3) is 0 Å². The van der Waals surface area contributed by atoms with E-state index < -0.39 is 5.97 Å². The third-order valence-corrected chi connectivity index (χ3v) is 3.63. The van der Waals surface area contributed by atoms with Crippen LogP contribution in [0.4, 0.5) is 0 Å². The summed E-state index contributed by atoms with van der Waals surface area (Å²) in [5.41, 5.74) is 0.277. The maximum Gasteiger partial charge on any atom is 0.345 e. The van der Waals surface area contributed by atoms with Crippen LogP contribution in [0.5, 0.6) is 0 Å². The molecule has 0 bridgehead atoms. The number of aryl methyl sites for hydroxylation is 1. The molecule has 6 heteroatoms. The van der Waals surface area contributed by atoms with E-state index in [2.05, 4.69) is 6.58 Å². The Bertz CT molecular complexity index is 551. The molecular formula is C13H13N3O2S. The predicted octanol–water partition coefficient (Wildman–Crippen LogP) is 2.24. The zero-order valence-corrected chi connectivity index (χ0v) is 11.1. The van der Waals surface area contributed by atoms with Crippen molar-refractivity contribution in [2.24, 2.45) is 0 Å². The van der Waals surface area contributed by atoms with Crippen LogP contribution >= 0.6 is 11.3 Å². The van der Waals surface area contributed by atoms with E-state index in [1.54, 1.807) is 17.0 Å². The summed E-state index contributed by atoms with van der Waals surface area (Å²) in [6.45, 7) is 4.28. The highest BCUT2D eigenvalue weighted by molar-refractivity contribution is 7.13. The lowest BCUT2D eigenvalue weighted by Gasteiger charge is -2.18. The zero-order chi connectivity index (χ0) is 14.3. The molecule has 0 aliphatic carbocycles. The minimum Gasteiger partial charge on any atom is -0.477 e. The van der Waals surface area contributed by atoms with Crippen molar-refractivity contribution in [3.63, 3.8) is 0 Å². The fourth-order valence-electron chi connectivity index (χ4n) is 1.54. The Morgan fingerprint density at radius 1 is 1.47 bits per heavy atom. The topological polar surface area (TPSA) is 88.1 Å². The number of thiophene rings is 1. The Morgan fingerprint density at radius 3 is 2.74 bits per heavy atom. The van der Waals surface area contributed by atoms with Gasteiger partial charge >= 0.3 is 5.97 Å². The number of hydrogen-bond acceptors (Lipinski definition) is 5. The van der Waals surface area contributed by atoms with Gasteiger partial charge in [0.15, 0.2) is 0 Å². The van der Waals surface area contributed by atoms with Crippen molar-refractivity contribution >= 4 is 17.3 Å². The van der Waals surface area contributed by atoms with Crippen molar-refractivity contribution in [1.82, 2.24) is 4.90 Å². The van der Waals surface area contributed by atoms with E-state index in [1.807, 2.05) is 12.1 Å². The number of allylic oxidation sites excluding steroid dienone is 1. The molecule has 1 aromatic heterocycles. The van der Waals surface area contributed by atoms with Gasteiger partial charge in [0.1, 0.15) is 23.2 Å². The van der Waals surface area contributed by atoms with Crippen LogP contribution in [-0.4, -0.2) is 29.1 Å². The van der Waals surface area contributed by atoms with Crippen molar-refractivity contribution in [1.29, 1.82) is 10.5 Å². The summed E-state index contributed by atoms with van der Waals surface area (Å²) in [6.07, 6.45) is 1.46. The smallest absolute Gasteiger partial charge is 0.345 e. The van der Waals surface area contributed by atoms with Gasteiger partial charge in [-0.1, -0.05) is 6.58 Å². The molecule has 5 nitrogen and oxygen atoms in total. The molecule has 19 heavy (non-hydrogen) atoms. The molecule has 1 rings (SSSR count). The van der Waals surface area contributed by atoms with Crippen molar-refractivity contribution < 1.29 is 9.90 Å². The molecule has 1 heterocycles. The summed E-state index contributed by atoms with van der Waals surface area (Å²) >= 11 is 1.25. The first-order valence-corrected chi connectivity index (χ1v) is 6.43. The summed E-state index contributed by atoms with van der Waals surface area (Å²) in [4.78, 5) is 13.7. The van der Waals surface area contributed by atoms with E-state index >= 15 is 0 Å². The van der Waals surface area contributed by atoms with E-state index in [4.69, 9.17) is 15.6 Å². The van der Waals surface area contributed by atoms with Gasteiger partial charge in [-0.15, -0.1) is 11.3 Å². The molecule has 0 saturated heterocycles. The van der Waals surface area contributed by atoms with Crippen LogP contribution in [0, 0.1) is 22.7 Å². The second kappa shape index (κ2) is 7.20. The molecule has 1 N–H and O–H groups in total. The summed E-state index contributed by atoms with van der Waals surface area (Å²) in [7, 11) is 0. The highest BCUT2D eigenvalue weighted by atomic mass is 32.1.